The summed E-state index contributed by atoms with van der Waals surface area (Å²) in [6.07, 6.45) is 3.45. The minimum Gasteiger partial charge on any atom is -0.444 e. The molecule has 1 aromatic heterocycles. The SMILES string of the molecule is Cn1cc(CC(NC(=O)OC(C)(C)C)C(=O)NC2CC(C)(C)NC(C)(C)C2)c2ccccc21. The van der Waals surface area contributed by atoms with E-state index in [9.17, 15) is 9.59 Å². The Kier molecular flexibility index (Phi) is 6.85. The molecule has 2 amide bonds. The first-order valence-corrected chi connectivity index (χ1v) is 11.8. The number of nitrogens with zero attached hydrogens (tertiary/aromatic N) is 1. The largest absolute Gasteiger partial charge is 0.444 e. The highest BCUT2D eigenvalue weighted by molar-refractivity contribution is 5.88. The highest BCUT2D eigenvalue weighted by Gasteiger charge is 2.39. The van der Waals surface area contributed by atoms with Crippen molar-refractivity contribution in [3.63, 3.8) is 0 Å². The van der Waals surface area contributed by atoms with Crippen molar-refractivity contribution < 1.29 is 14.3 Å². The van der Waals surface area contributed by atoms with Crippen LogP contribution in [0.1, 0.15) is 66.9 Å². The molecule has 182 valence electrons. The number of carbonyl (C=O) groups excluding carboxylic acids is 2. The second-order valence-corrected chi connectivity index (χ2v) is 11.7. The van der Waals surface area contributed by atoms with Crippen LogP contribution in [-0.4, -0.2) is 45.3 Å². The van der Waals surface area contributed by atoms with E-state index in [0.717, 1.165) is 29.3 Å². The van der Waals surface area contributed by atoms with Crippen molar-refractivity contribution in [2.45, 2.75) is 96.5 Å². The highest BCUT2D eigenvalue weighted by Crippen LogP contribution is 2.29. The Morgan fingerprint density at radius 1 is 1.15 bits per heavy atom. The molecule has 1 saturated heterocycles. The highest BCUT2D eigenvalue weighted by atomic mass is 16.6. The van der Waals surface area contributed by atoms with E-state index in [1.807, 2.05) is 62.8 Å². The number of nitrogens with one attached hydrogen (secondary N) is 3. The number of aromatic nitrogens is 1. The van der Waals surface area contributed by atoms with Crippen molar-refractivity contribution in [2.75, 3.05) is 0 Å². The molecule has 3 N–H and O–H groups in total. The van der Waals surface area contributed by atoms with Gasteiger partial charge in [-0.3, -0.25) is 4.79 Å². The summed E-state index contributed by atoms with van der Waals surface area (Å²) in [7, 11) is 1.99. The van der Waals surface area contributed by atoms with Gasteiger partial charge in [-0.05, 0) is 72.9 Å². The average Bonchev–Trinajstić information content (AvgIpc) is 2.93. The maximum atomic E-state index is 13.5. The lowest BCUT2D eigenvalue weighted by Crippen LogP contribution is -2.63. The molecule has 3 rings (SSSR count). The molecule has 33 heavy (non-hydrogen) atoms. The van der Waals surface area contributed by atoms with Gasteiger partial charge < -0.3 is 25.3 Å². The van der Waals surface area contributed by atoms with Gasteiger partial charge in [0.15, 0.2) is 0 Å². The third kappa shape index (κ3) is 6.73. The molecule has 1 aromatic carbocycles. The van der Waals surface area contributed by atoms with E-state index < -0.39 is 17.7 Å². The van der Waals surface area contributed by atoms with E-state index in [2.05, 4.69) is 43.6 Å². The molecular formula is C26H40N4O3. The minimum atomic E-state index is -0.744. The van der Waals surface area contributed by atoms with Gasteiger partial charge in [0.25, 0.3) is 0 Å². The van der Waals surface area contributed by atoms with Crippen LogP contribution in [0.2, 0.25) is 0 Å². The molecule has 1 aliphatic rings. The number of aryl methyl sites for hydroxylation is 1. The van der Waals surface area contributed by atoms with E-state index in [1.165, 1.54) is 0 Å². The molecule has 0 radical (unpaired) electrons. The van der Waals surface area contributed by atoms with Crippen molar-refractivity contribution in [2.24, 2.45) is 7.05 Å². The molecule has 0 saturated carbocycles. The number of alkyl carbamates (subject to hydrolysis) is 1. The number of amides is 2. The predicted molar refractivity (Wildman–Crippen MR) is 132 cm³/mol. The summed E-state index contributed by atoms with van der Waals surface area (Å²) in [4.78, 5) is 26.1. The van der Waals surface area contributed by atoms with Gasteiger partial charge in [0, 0.05) is 47.7 Å². The summed E-state index contributed by atoms with van der Waals surface area (Å²) < 4.78 is 7.51. The molecule has 2 heterocycles. The zero-order valence-corrected chi connectivity index (χ0v) is 21.3. The van der Waals surface area contributed by atoms with Crippen LogP contribution in [0.4, 0.5) is 4.79 Å². The fourth-order valence-electron chi connectivity index (χ4n) is 5.19. The van der Waals surface area contributed by atoms with Gasteiger partial charge in [-0.15, -0.1) is 0 Å². The molecule has 0 aliphatic carbocycles. The first-order valence-electron chi connectivity index (χ1n) is 11.8. The van der Waals surface area contributed by atoms with E-state index >= 15 is 0 Å². The van der Waals surface area contributed by atoms with Crippen LogP contribution >= 0.6 is 0 Å². The third-order valence-corrected chi connectivity index (χ3v) is 5.95. The monoisotopic (exact) mass is 456 g/mol. The standard InChI is InChI=1S/C26H40N4O3/c1-24(2,3)33-23(32)28-20(13-17-16-30(8)21-12-10-9-11-19(17)21)22(31)27-18-14-25(4,5)29-26(6,7)15-18/h9-12,16,18,20,29H,13-15H2,1-8H3,(H,27,31)(H,28,32). The first kappa shape index (κ1) is 25.1. The minimum absolute atomic E-state index is 0.0132. The average molecular weight is 457 g/mol. The van der Waals surface area contributed by atoms with Gasteiger partial charge in [-0.25, -0.2) is 4.79 Å². The van der Waals surface area contributed by atoms with Crippen LogP contribution in [0.15, 0.2) is 30.5 Å². The van der Waals surface area contributed by atoms with Gasteiger partial charge in [-0.2, -0.15) is 0 Å². The topological polar surface area (TPSA) is 84.4 Å². The number of fused-ring (bicyclic) bond motifs is 1. The Morgan fingerprint density at radius 3 is 2.36 bits per heavy atom. The number of para-hydroxylation sites is 1. The van der Waals surface area contributed by atoms with E-state index in [1.54, 1.807) is 0 Å². The second-order valence-electron chi connectivity index (χ2n) is 11.7. The second kappa shape index (κ2) is 9.01. The fraction of sp³-hybridized carbons (Fsp3) is 0.615. The molecule has 1 unspecified atom stereocenters. The first-order chi connectivity index (χ1) is 15.1. The summed E-state index contributed by atoms with van der Waals surface area (Å²) in [5.41, 5.74) is 1.27. The number of rotatable bonds is 5. The summed E-state index contributed by atoms with van der Waals surface area (Å²) in [5, 5.41) is 10.8. The summed E-state index contributed by atoms with van der Waals surface area (Å²) in [6.45, 7) is 14.0. The van der Waals surface area contributed by atoms with Crippen LogP contribution in [0, 0.1) is 0 Å². The smallest absolute Gasteiger partial charge is 0.408 e. The zero-order valence-electron chi connectivity index (χ0n) is 21.3. The Labute approximate surface area is 197 Å². The van der Waals surface area contributed by atoms with Crippen molar-refractivity contribution >= 4 is 22.9 Å². The summed E-state index contributed by atoms with van der Waals surface area (Å²) in [6, 6.07) is 7.35. The van der Waals surface area contributed by atoms with Gasteiger partial charge in [0.2, 0.25) is 5.91 Å². The molecule has 1 fully saturated rings. The van der Waals surface area contributed by atoms with E-state index in [-0.39, 0.29) is 23.0 Å². The number of hydrogen-bond donors (Lipinski definition) is 3. The molecule has 7 heteroatoms. The van der Waals surface area contributed by atoms with Gasteiger partial charge in [-0.1, -0.05) is 18.2 Å². The summed E-state index contributed by atoms with van der Waals surface area (Å²) in [5.74, 6) is -0.188. The zero-order chi connectivity index (χ0) is 24.6. The summed E-state index contributed by atoms with van der Waals surface area (Å²) >= 11 is 0. The molecule has 0 bridgehead atoms. The van der Waals surface area contributed by atoms with Crippen molar-refractivity contribution in [1.82, 2.24) is 20.5 Å². The lowest BCUT2D eigenvalue weighted by atomic mass is 9.79. The molecule has 2 aromatic rings. The number of ether oxygens (including phenoxy) is 1. The molecule has 0 spiro atoms. The number of hydrogen-bond acceptors (Lipinski definition) is 4. The Bertz CT molecular complexity index is 1000. The van der Waals surface area contributed by atoms with Crippen LogP contribution < -0.4 is 16.0 Å². The van der Waals surface area contributed by atoms with Crippen molar-refractivity contribution in [3.05, 3.63) is 36.0 Å². The quantitative estimate of drug-likeness (QED) is 0.634. The van der Waals surface area contributed by atoms with Crippen LogP contribution in [0.5, 0.6) is 0 Å². The molecule has 7 nitrogen and oxygen atoms in total. The van der Waals surface area contributed by atoms with Gasteiger partial charge in [0.1, 0.15) is 11.6 Å². The van der Waals surface area contributed by atoms with Gasteiger partial charge >= 0.3 is 6.09 Å². The maximum absolute atomic E-state index is 13.5. The number of benzene rings is 1. The molecular weight excluding hydrogens is 416 g/mol. The predicted octanol–water partition coefficient (Wildman–Crippen LogP) is 4.04. The Morgan fingerprint density at radius 2 is 1.76 bits per heavy atom. The molecule has 1 atom stereocenters. The van der Waals surface area contributed by atoms with E-state index in [4.69, 9.17) is 4.74 Å². The third-order valence-electron chi connectivity index (χ3n) is 5.95. The van der Waals surface area contributed by atoms with Crippen molar-refractivity contribution in [3.8, 4) is 0 Å². The van der Waals surface area contributed by atoms with Crippen LogP contribution in [0.25, 0.3) is 10.9 Å². The van der Waals surface area contributed by atoms with Gasteiger partial charge in [0.05, 0.1) is 0 Å². The van der Waals surface area contributed by atoms with Crippen LogP contribution in [-0.2, 0) is 23.0 Å². The van der Waals surface area contributed by atoms with Crippen LogP contribution in [0.3, 0.4) is 0 Å². The lowest BCUT2D eigenvalue weighted by molar-refractivity contribution is -0.124. The van der Waals surface area contributed by atoms with Crippen molar-refractivity contribution in [1.29, 1.82) is 0 Å². The normalized spacial score (nSPS) is 19.2. The Hall–Kier alpha value is -2.54. The number of carbonyl (C=O) groups is 2. The number of piperidine rings is 1. The van der Waals surface area contributed by atoms with E-state index in [0.29, 0.717) is 6.42 Å². The maximum Gasteiger partial charge on any atom is 0.408 e. The molecule has 1 aliphatic heterocycles. The Balaban J connectivity index is 1.83. The lowest BCUT2D eigenvalue weighted by Gasteiger charge is -2.46. The fourth-order valence-corrected chi connectivity index (χ4v) is 5.19.